The van der Waals surface area contributed by atoms with E-state index < -0.39 is 0 Å². The molecule has 6 aromatic heterocycles. The van der Waals surface area contributed by atoms with Crippen LogP contribution in [-0.4, -0.2) is 27.4 Å². The minimum Gasteiger partial charge on any atom is -0.310 e. The molecule has 7 nitrogen and oxygen atoms in total. The van der Waals surface area contributed by atoms with Crippen LogP contribution in [-0.2, 0) is 0 Å². The molecule has 0 N–H and O–H groups in total. The largest absolute Gasteiger partial charge is 0.310 e. The van der Waals surface area contributed by atoms with Gasteiger partial charge in [-0.25, -0.2) is 0 Å². The van der Waals surface area contributed by atoms with Gasteiger partial charge in [-0.3, -0.25) is 0 Å². The molecule has 482 valence electrons. The van der Waals surface area contributed by atoms with Crippen molar-refractivity contribution in [3.63, 3.8) is 0 Å². The molecule has 22 aromatic rings. The Morgan fingerprint density at radius 3 is 0.398 bits per heavy atom. The third kappa shape index (κ3) is 9.09. The van der Waals surface area contributed by atoms with E-state index in [0.29, 0.717) is 0 Å². The van der Waals surface area contributed by atoms with Crippen molar-refractivity contribution in [1.29, 1.82) is 0 Å². The molecule has 0 radical (unpaired) electrons. The molecule has 0 fully saturated rings. The molecule has 0 unspecified atom stereocenters. The number of benzene rings is 16. The zero-order valence-corrected chi connectivity index (χ0v) is 56.0. The van der Waals surface area contributed by atoms with E-state index in [2.05, 4.69) is 414 Å². The summed E-state index contributed by atoms with van der Waals surface area (Å²) in [6, 6.07) is 139. The van der Waals surface area contributed by atoms with Gasteiger partial charge in [0.1, 0.15) is 0 Å². The van der Waals surface area contributed by atoms with Gasteiger partial charge in [-0.2, -0.15) is 0 Å². The van der Waals surface area contributed by atoms with Crippen LogP contribution in [0.4, 0.5) is 17.1 Å². The van der Waals surface area contributed by atoms with E-state index in [-0.39, 0.29) is 0 Å². The van der Waals surface area contributed by atoms with Gasteiger partial charge in [-0.05, 0) is 164 Å². The number of para-hydroxylation sites is 12. The standard InChI is InChI=1S/C54H36N4.C42H27N3/c1-7-19-49-43(13-1)44-14-2-8-20-50(44)56(49)40-31-25-37(26-32-40)55(38-27-33-41(34-28-38)57-51-21-9-3-15-45(51)46-16-4-10-22-52(46)57)39-29-35-42(36-30-39)58-53-23-11-5-17-47(53)48-18-6-12-24-54(48)58;1-7-19-37-31(13-1)32-14-2-8-20-38(32)43(37)28-25-29(44-39-21-9-3-15-33(39)34-16-4-10-22-40(34)44)27-30(26-28)45-41-23-11-5-17-35(41)36-18-6-12-24-42(36)45/h1-36H;1-27H. The van der Waals surface area contributed by atoms with Crippen molar-refractivity contribution in [2.24, 2.45) is 0 Å². The summed E-state index contributed by atoms with van der Waals surface area (Å²) in [7, 11) is 0. The average Bonchev–Trinajstić information content (AvgIpc) is 1.60. The van der Waals surface area contributed by atoms with Crippen molar-refractivity contribution < 1.29 is 0 Å². The number of nitrogens with zero attached hydrogens (tertiary/aromatic N) is 7. The number of fused-ring (bicyclic) bond motifs is 18. The van der Waals surface area contributed by atoms with E-state index in [0.717, 1.165) is 51.2 Å². The molecule has 0 aliphatic heterocycles. The number of hydrogen-bond acceptors (Lipinski definition) is 1. The summed E-state index contributed by atoms with van der Waals surface area (Å²) in [6.07, 6.45) is 0. The van der Waals surface area contributed by atoms with Gasteiger partial charge in [0.25, 0.3) is 0 Å². The predicted molar refractivity (Wildman–Crippen MR) is 434 cm³/mol. The molecule has 0 spiro atoms. The maximum atomic E-state index is 2.43. The molecule has 0 aliphatic rings. The van der Waals surface area contributed by atoms with Crippen LogP contribution in [0.2, 0.25) is 0 Å². The molecule has 0 atom stereocenters. The molecule has 103 heavy (non-hydrogen) atoms. The number of anilines is 3. The first-order chi connectivity index (χ1) is 51.1. The highest BCUT2D eigenvalue weighted by atomic mass is 15.1. The SMILES string of the molecule is c1ccc2c(c1)c1ccccc1n2-c1cc(-n2c3ccccc3c3ccccc32)cc(-n2c3ccccc3c3ccccc32)c1.c1ccc2c(c1)c1ccccc1n2-c1ccc(N(c2ccc(-n3c4ccccc4c4ccccc43)cc2)c2ccc(-n3c4ccccc4c4ccccc43)cc2)cc1. The van der Waals surface area contributed by atoms with E-state index in [1.54, 1.807) is 0 Å². The minimum atomic E-state index is 1.08. The molecule has 0 bridgehead atoms. The van der Waals surface area contributed by atoms with Crippen LogP contribution in [0.25, 0.3) is 165 Å². The first-order valence-electron chi connectivity index (χ1n) is 35.3. The van der Waals surface area contributed by atoms with Gasteiger partial charge < -0.3 is 32.3 Å². The second-order valence-electron chi connectivity index (χ2n) is 26.8. The van der Waals surface area contributed by atoms with Gasteiger partial charge in [0, 0.05) is 98.8 Å². The van der Waals surface area contributed by atoms with Crippen LogP contribution in [0.5, 0.6) is 0 Å². The average molecular weight is 1310 g/mol. The summed E-state index contributed by atoms with van der Waals surface area (Å²) in [5.74, 6) is 0. The maximum absolute atomic E-state index is 2.43. The normalized spacial score (nSPS) is 11.9. The van der Waals surface area contributed by atoms with Crippen LogP contribution in [0.1, 0.15) is 0 Å². The lowest BCUT2D eigenvalue weighted by Gasteiger charge is -2.26. The van der Waals surface area contributed by atoms with Crippen molar-refractivity contribution in [2.45, 2.75) is 0 Å². The molecule has 16 aromatic carbocycles. The van der Waals surface area contributed by atoms with Gasteiger partial charge >= 0.3 is 0 Å². The topological polar surface area (TPSA) is 32.8 Å². The zero-order valence-electron chi connectivity index (χ0n) is 56.0. The van der Waals surface area contributed by atoms with Crippen LogP contribution in [0, 0.1) is 0 Å². The Labute approximate surface area is 592 Å². The summed E-state index contributed by atoms with van der Waals surface area (Å²) in [6.45, 7) is 0. The third-order valence-electron chi connectivity index (χ3n) is 21.2. The molecule has 7 heteroatoms. The quantitative estimate of drug-likeness (QED) is 0.142. The zero-order chi connectivity index (χ0) is 67.6. The molecular formula is C96H63N7. The Morgan fingerprint density at radius 1 is 0.126 bits per heavy atom. The van der Waals surface area contributed by atoms with Crippen molar-refractivity contribution in [3.05, 3.63) is 382 Å². The third-order valence-corrected chi connectivity index (χ3v) is 21.2. The molecule has 0 saturated carbocycles. The first kappa shape index (κ1) is 58.1. The molecule has 6 heterocycles. The smallest absolute Gasteiger partial charge is 0.0541 e. The summed E-state index contributed by atoms with van der Waals surface area (Å²) >= 11 is 0. The number of hydrogen-bond donors (Lipinski definition) is 0. The second-order valence-corrected chi connectivity index (χ2v) is 26.8. The highest BCUT2D eigenvalue weighted by Crippen LogP contribution is 2.43. The molecular weight excluding hydrogens is 1250 g/mol. The lowest BCUT2D eigenvalue weighted by molar-refractivity contribution is 1.10. The van der Waals surface area contributed by atoms with Crippen LogP contribution in [0.3, 0.4) is 0 Å². The van der Waals surface area contributed by atoms with E-state index in [9.17, 15) is 0 Å². The number of rotatable bonds is 9. The Hall–Kier alpha value is -13.9. The summed E-state index contributed by atoms with van der Waals surface area (Å²) in [4.78, 5) is 2.36. The predicted octanol–water partition coefficient (Wildman–Crippen LogP) is 25.4. The summed E-state index contributed by atoms with van der Waals surface area (Å²) < 4.78 is 14.4. The van der Waals surface area contributed by atoms with E-state index in [1.165, 1.54) is 131 Å². The van der Waals surface area contributed by atoms with Gasteiger partial charge in [0.05, 0.1) is 83.3 Å². The van der Waals surface area contributed by atoms with E-state index in [1.807, 2.05) is 0 Å². The van der Waals surface area contributed by atoms with Crippen LogP contribution >= 0.6 is 0 Å². The lowest BCUT2D eigenvalue weighted by atomic mass is 10.1. The Balaban J connectivity index is 0.000000138. The molecule has 0 aliphatic carbocycles. The Morgan fingerprint density at radius 2 is 0.252 bits per heavy atom. The molecule has 0 saturated heterocycles. The minimum absolute atomic E-state index is 1.08. The first-order valence-corrected chi connectivity index (χ1v) is 35.3. The van der Waals surface area contributed by atoms with Gasteiger partial charge in [-0.15, -0.1) is 0 Å². The van der Waals surface area contributed by atoms with Gasteiger partial charge in [0.2, 0.25) is 0 Å². The van der Waals surface area contributed by atoms with E-state index >= 15 is 0 Å². The fourth-order valence-corrected chi connectivity index (χ4v) is 16.9. The fraction of sp³-hybridized carbons (Fsp3) is 0. The highest BCUT2D eigenvalue weighted by Gasteiger charge is 2.22. The molecule has 0 amide bonds. The maximum Gasteiger partial charge on any atom is 0.0541 e. The second kappa shape index (κ2) is 23.4. The summed E-state index contributed by atoms with van der Waals surface area (Å²) in [5.41, 5.74) is 24.4. The number of aromatic nitrogens is 6. The van der Waals surface area contributed by atoms with Crippen LogP contribution < -0.4 is 4.90 Å². The fourth-order valence-electron chi connectivity index (χ4n) is 16.9. The van der Waals surface area contributed by atoms with Crippen molar-refractivity contribution >= 4 is 148 Å². The van der Waals surface area contributed by atoms with Gasteiger partial charge in [0.15, 0.2) is 0 Å². The van der Waals surface area contributed by atoms with Crippen molar-refractivity contribution in [3.8, 4) is 34.1 Å². The Kier molecular flexibility index (Phi) is 13.2. The van der Waals surface area contributed by atoms with E-state index in [4.69, 9.17) is 0 Å². The van der Waals surface area contributed by atoms with Gasteiger partial charge in [-0.1, -0.05) is 218 Å². The van der Waals surface area contributed by atoms with Crippen LogP contribution in [0.15, 0.2) is 382 Å². The Bertz CT molecular complexity index is 6100. The highest BCUT2D eigenvalue weighted by molar-refractivity contribution is 6.14. The lowest BCUT2D eigenvalue weighted by Crippen LogP contribution is -2.10. The summed E-state index contributed by atoms with van der Waals surface area (Å²) in [5, 5.41) is 15.1. The van der Waals surface area contributed by atoms with Crippen molar-refractivity contribution in [1.82, 2.24) is 27.4 Å². The monoisotopic (exact) mass is 1310 g/mol. The van der Waals surface area contributed by atoms with Crippen molar-refractivity contribution in [2.75, 3.05) is 4.90 Å². The molecule has 22 rings (SSSR count).